The summed E-state index contributed by atoms with van der Waals surface area (Å²) in [5.74, 6) is 0.203. The van der Waals surface area contributed by atoms with Crippen LogP contribution >= 0.6 is 11.8 Å². The molecule has 3 aromatic carbocycles. The molecule has 4 aromatic rings. The Morgan fingerprint density at radius 3 is 2.66 bits per heavy atom. The Bertz CT molecular complexity index is 1110. The summed E-state index contributed by atoms with van der Waals surface area (Å²) in [4.78, 5) is 12.5. The molecule has 0 spiro atoms. The molecule has 146 valence electrons. The topological polar surface area (TPSA) is 72.7 Å². The van der Waals surface area contributed by atoms with Gasteiger partial charge < -0.3 is 5.32 Å². The van der Waals surface area contributed by atoms with E-state index < -0.39 is 0 Å². The first-order chi connectivity index (χ1) is 14.2. The monoisotopic (exact) mass is 403 g/mol. The minimum absolute atomic E-state index is 0.0512. The Balaban J connectivity index is 1.38. The Morgan fingerprint density at radius 2 is 1.79 bits per heavy atom. The maximum absolute atomic E-state index is 12.5. The second-order valence-electron chi connectivity index (χ2n) is 6.75. The van der Waals surface area contributed by atoms with Crippen molar-refractivity contribution in [3.8, 4) is 0 Å². The van der Waals surface area contributed by atoms with Crippen molar-refractivity contribution in [1.29, 1.82) is 0 Å². The molecule has 0 bridgehead atoms. The summed E-state index contributed by atoms with van der Waals surface area (Å²) < 4.78 is 1.71. The number of benzene rings is 3. The third-order valence-electron chi connectivity index (χ3n) is 4.67. The van der Waals surface area contributed by atoms with Gasteiger partial charge in [-0.2, -0.15) is 0 Å². The van der Waals surface area contributed by atoms with Gasteiger partial charge >= 0.3 is 0 Å². The number of tetrazole rings is 1. The minimum Gasteiger partial charge on any atom is -0.349 e. The number of rotatable bonds is 7. The Morgan fingerprint density at radius 1 is 1.03 bits per heavy atom. The normalized spacial score (nSPS) is 12.0. The lowest BCUT2D eigenvalue weighted by molar-refractivity contribution is -0.119. The number of hydrogen-bond donors (Lipinski definition) is 1. The van der Waals surface area contributed by atoms with Crippen LogP contribution in [0.25, 0.3) is 10.8 Å². The molecular weight excluding hydrogens is 382 g/mol. The van der Waals surface area contributed by atoms with E-state index in [1.807, 2.05) is 55.5 Å². The second kappa shape index (κ2) is 8.87. The largest absolute Gasteiger partial charge is 0.349 e. The fourth-order valence-corrected chi connectivity index (χ4v) is 3.96. The van der Waals surface area contributed by atoms with E-state index in [-0.39, 0.29) is 17.7 Å². The zero-order valence-electron chi connectivity index (χ0n) is 16.0. The molecule has 0 aliphatic heterocycles. The number of aromatic nitrogens is 4. The van der Waals surface area contributed by atoms with E-state index in [9.17, 15) is 4.79 Å². The number of fused-ring (bicyclic) bond motifs is 1. The summed E-state index contributed by atoms with van der Waals surface area (Å²) in [5.41, 5.74) is 2.21. The summed E-state index contributed by atoms with van der Waals surface area (Å²) >= 11 is 1.34. The van der Waals surface area contributed by atoms with E-state index in [0.717, 1.165) is 16.5 Å². The molecule has 0 aliphatic rings. The van der Waals surface area contributed by atoms with Gasteiger partial charge in [-0.05, 0) is 39.2 Å². The molecule has 6 nitrogen and oxygen atoms in total. The highest BCUT2D eigenvalue weighted by Gasteiger charge is 2.14. The smallest absolute Gasteiger partial charge is 0.230 e. The molecule has 1 atom stereocenters. The van der Waals surface area contributed by atoms with Crippen LogP contribution < -0.4 is 5.32 Å². The van der Waals surface area contributed by atoms with Crippen LogP contribution in [-0.2, 0) is 11.3 Å². The van der Waals surface area contributed by atoms with Crippen molar-refractivity contribution in [3.05, 3.63) is 83.9 Å². The number of nitrogens with zero attached hydrogens (tertiary/aromatic N) is 4. The third-order valence-corrected chi connectivity index (χ3v) is 5.63. The highest BCUT2D eigenvalue weighted by atomic mass is 32.2. The first kappa shape index (κ1) is 19.1. The second-order valence-corrected chi connectivity index (χ2v) is 7.69. The van der Waals surface area contributed by atoms with Gasteiger partial charge in [0.2, 0.25) is 11.1 Å². The van der Waals surface area contributed by atoms with E-state index in [0.29, 0.717) is 11.7 Å². The molecule has 29 heavy (non-hydrogen) atoms. The zero-order chi connectivity index (χ0) is 20.1. The Labute approximate surface area is 173 Å². The summed E-state index contributed by atoms with van der Waals surface area (Å²) in [7, 11) is 0. The summed E-state index contributed by atoms with van der Waals surface area (Å²) in [6, 6.07) is 24.2. The molecule has 0 aliphatic carbocycles. The molecular formula is C22H21N5OS. The number of nitrogens with one attached hydrogen (secondary N) is 1. The van der Waals surface area contributed by atoms with Crippen LogP contribution in [0, 0.1) is 0 Å². The van der Waals surface area contributed by atoms with Crippen molar-refractivity contribution in [3.63, 3.8) is 0 Å². The third kappa shape index (κ3) is 4.63. The van der Waals surface area contributed by atoms with Crippen LogP contribution in [0.2, 0.25) is 0 Å². The first-order valence-electron chi connectivity index (χ1n) is 9.40. The van der Waals surface area contributed by atoms with Gasteiger partial charge in [-0.15, -0.1) is 5.10 Å². The van der Waals surface area contributed by atoms with E-state index in [1.54, 1.807) is 4.68 Å². The highest BCUT2D eigenvalue weighted by molar-refractivity contribution is 7.99. The molecule has 1 amide bonds. The van der Waals surface area contributed by atoms with Gasteiger partial charge in [0.1, 0.15) is 0 Å². The summed E-state index contributed by atoms with van der Waals surface area (Å²) in [6.45, 7) is 2.58. The van der Waals surface area contributed by atoms with Crippen LogP contribution in [0.1, 0.15) is 24.1 Å². The number of carbonyl (C=O) groups is 1. The molecule has 1 N–H and O–H groups in total. The van der Waals surface area contributed by atoms with Crippen molar-refractivity contribution in [2.75, 3.05) is 5.75 Å². The summed E-state index contributed by atoms with van der Waals surface area (Å²) in [6.07, 6.45) is 0. The van der Waals surface area contributed by atoms with E-state index in [4.69, 9.17) is 0 Å². The predicted octanol–water partition coefficient (Wildman–Crippen LogP) is 3.84. The number of thioether (sulfide) groups is 1. The Kier molecular flexibility index (Phi) is 5.86. The lowest BCUT2D eigenvalue weighted by Gasteiger charge is -2.16. The Hall–Kier alpha value is -3.19. The molecule has 4 rings (SSSR count). The predicted molar refractivity (Wildman–Crippen MR) is 115 cm³/mol. The number of amides is 1. The van der Waals surface area contributed by atoms with Crippen molar-refractivity contribution < 1.29 is 4.79 Å². The maximum Gasteiger partial charge on any atom is 0.230 e. The molecule has 0 fully saturated rings. The standard InChI is InChI=1S/C22H21N5OS/c1-16(19-13-7-11-18-10-5-6-12-20(18)19)23-21(28)15-29-22-24-25-26-27(22)14-17-8-3-2-4-9-17/h2-13,16H,14-15H2,1H3,(H,23,28). The molecule has 7 heteroatoms. The fourth-order valence-electron chi connectivity index (χ4n) is 3.27. The molecule has 1 unspecified atom stereocenters. The van der Waals surface area contributed by atoms with Crippen molar-refractivity contribution in [2.24, 2.45) is 0 Å². The highest BCUT2D eigenvalue weighted by Crippen LogP contribution is 2.24. The van der Waals surface area contributed by atoms with Gasteiger partial charge in [0.05, 0.1) is 18.3 Å². The van der Waals surface area contributed by atoms with Gasteiger partial charge in [0.15, 0.2) is 0 Å². The maximum atomic E-state index is 12.5. The van der Waals surface area contributed by atoms with E-state index >= 15 is 0 Å². The van der Waals surface area contributed by atoms with Gasteiger partial charge in [-0.3, -0.25) is 4.79 Å². The van der Waals surface area contributed by atoms with Gasteiger partial charge in [-0.25, -0.2) is 4.68 Å². The van der Waals surface area contributed by atoms with Crippen molar-refractivity contribution >= 4 is 28.4 Å². The minimum atomic E-state index is -0.0884. The number of hydrogen-bond acceptors (Lipinski definition) is 5. The molecule has 1 aromatic heterocycles. The van der Waals surface area contributed by atoms with E-state index in [2.05, 4.69) is 45.1 Å². The van der Waals surface area contributed by atoms with Crippen molar-refractivity contribution in [2.45, 2.75) is 24.7 Å². The average Bonchev–Trinajstić information content (AvgIpc) is 3.19. The molecule has 1 heterocycles. The van der Waals surface area contributed by atoms with Crippen LogP contribution in [0.4, 0.5) is 0 Å². The van der Waals surface area contributed by atoms with Gasteiger partial charge in [0.25, 0.3) is 0 Å². The molecule has 0 saturated carbocycles. The van der Waals surface area contributed by atoms with Gasteiger partial charge in [0, 0.05) is 0 Å². The van der Waals surface area contributed by atoms with E-state index in [1.165, 1.54) is 17.1 Å². The first-order valence-corrected chi connectivity index (χ1v) is 10.4. The van der Waals surface area contributed by atoms with Crippen LogP contribution in [0.15, 0.2) is 78.0 Å². The van der Waals surface area contributed by atoms with Gasteiger partial charge in [-0.1, -0.05) is 84.6 Å². The van der Waals surface area contributed by atoms with Crippen LogP contribution in [-0.4, -0.2) is 31.9 Å². The number of carbonyl (C=O) groups excluding carboxylic acids is 1. The van der Waals surface area contributed by atoms with Crippen LogP contribution in [0.3, 0.4) is 0 Å². The zero-order valence-corrected chi connectivity index (χ0v) is 16.8. The summed E-state index contributed by atoms with van der Waals surface area (Å²) in [5, 5.41) is 17.9. The quantitative estimate of drug-likeness (QED) is 0.475. The van der Waals surface area contributed by atoms with Crippen LogP contribution in [0.5, 0.6) is 0 Å². The average molecular weight is 404 g/mol. The lowest BCUT2D eigenvalue weighted by atomic mass is 10.00. The lowest BCUT2D eigenvalue weighted by Crippen LogP contribution is -2.28. The molecule has 0 saturated heterocycles. The fraction of sp³-hybridized carbons (Fsp3) is 0.182. The molecule has 0 radical (unpaired) electrons. The van der Waals surface area contributed by atoms with Crippen molar-refractivity contribution in [1.82, 2.24) is 25.5 Å². The SMILES string of the molecule is CC(NC(=O)CSc1nnnn1Cc1ccccc1)c1cccc2ccccc12.